The van der Waals surface area contributed by atoms with E-state index in [2.05, 4.69) is 6.92 Å². The molecule has 33 heavy (non-hydrogen) atoms. The van der Waals surface area contributed by atoms with Crippen LogP contribution in [0.3, 0.4) is 0 Å². The molecule has 1 aliphatic carbocycles. The molecule has 0 bridgehead atoms. The standard InChI is InChI=1S/C29H44FNO2/c1-2-3-4-5-6-7-8-9-10-23-11-13-24(14-12-23)15-16-25-21-32-29(33-22-25)26-17-18-27(20-31)28(30)19-26/h17-19,23-25,29H,2-16,21-22H2,1H3. The molecule has 0 amide bonds. The Morgan fingerprint density at radius 2 is 1.39 bits per heavy atom. The first-order valence-corrected chi connectivity index (χ1v) is 13.6. The number of benzene rings is 1. The summed E-state index contributed by atoms with van der Waals surface area (Å²) in [7, 11) is 0. The molecule has 0 aromatic heterocycles. The molecule has 0 radical (unpaired) electrons. The van der Waals surface area contributed by atoms with Gasteiger partial charge in [-0.3, -0.25) is 0 Å². The van der Waals surface area contributed by atoms with Gasteiger partial charge in [0.05, 0.1) is 18.8 Å². The molecule has 2 aliphatic rings. The summed E-state index contributed by atoms with van der Waals surface area (Å²) < 4.78 is 25.6. The van der Waals surface area contributed by atoms with Gasteiger partial charge in [0.2, 0.25) is 0 Å². The van der Waals surface area contributed by atoms with Gasteiger partial charge in [-0.25, -0.2) is 4.39 Å². The number of nitrogens with zero attached hydrogens (tertiary/aromatic N) is 1. The van der Waals surface area contributed by atoms with Crippen molar-refractivity contribution in [2.75, 3.05) is 13.2 Å². The first kappa shape index (κ1) is 26.2. The van der Waals surface area contributed by atoms with Crippen LogP contribution in [0.25, 0.3) is 0 Å². The van der Waals surface area contributed by atoms with Gasteiger partial charge in [-0.05, 0) is 30.4 Å². The van der Waals surface area contributed by atoms with Gasteiger partial charge < -0.3 is 9.47 Å². The molecular weight excluding hydrogens is 413 g/mol. The molecule has 2 fully saturated rings. The first-order valence-electron chi connectivity index (χ1n) is 13.6. The van der Waals surface area contributed by atoms with Crippen molar-refractivity contribution in [3.8, 4) is 6.07 Å². The van der Waals surface area contributed by atoms with Crippen molar-refractivity contribution >= 4 is 0 Å². The summed E-state index contributed by atoms with van der Waals surface area (Å²) in [5, 5.41) is 8.87. The summed E-state index contributed by atoms with van der Waals surface area (Å²) in [6.07, 6.45) is 20.3. The van der Waals surface area contributed by atoms with Gasteiger partial charge in [-0.1, -0.05) is 103 Å². The molecule has 1 heterocycles. The van der Waals surface area contributed by atoms with Crippen LogP contribution in [0.1, 0.15) is 121 Å². The quantitative estimate of drug-likeness (QED) is 0.279. The molecule has 1 saturated carbocycles. The van der Waals surface area contributed by atoms with Crippen LogP contribution in [0.5, 0.6) is 0 Å². The van der Waals surface area contributed by atoms with Gasteiger partial charge in [0.25, 0.3) is 0 Å². The smallest absolute Gasteiger partial charge is 0.183 e. The zero-order valence-electron chi connectivity index (χ0n) is 20.7. The molecule has 0 spiro atoms. The average molecular weight is 458 g/mol. The third kappa shape index (κ3) is 9.02. The number of nitriles is 1. The van der Waals surface area contributed by atoms with Crippen molar-refractivity contribution in [1.82, 2.24) is 0 Å². The van der Waals surface area contributed by atoms with E-state index in [1.165, 1.54) is 102 Å². The summed E-state index contributed by atoms with van der Waals surface area (Å²) in [4.78, 5) is 0. The molecule has 0 unspecified atom stereocenters. The minimum Gasteiger partial charge on any atom is -0.348 e. The van der Waals surface area contributed by atoms with E-state index in [-0.39, 0.29) is 5.56 Å². The maximum Gasteiger partial charge on any atom is 0.183 e. The Morgan fingerprint density at radius 1 is 0.818 bits per heavy atom. The summed E-state index contributed by atoms with van der Waals surface area (Å²) in [5.74, 6) is 1.75. The SMILES string of the molecule is CCCCCCCCCCC1CCC(CCC2COC(c3ccc(C#N)c(F)c3)OC2)CC1. The lowest BCUT2D eigenvalue weighted by molar-refractivity contribution is -0.206. The second-order valence-corrected chi connectivity index (χ2v) is 10.4. The Balaban J connectivity index is 1.23. The highest BCUT2D eigenvalue weighted by atomic mass is 19.1. The second-order valence-electron chi connectivity index (χ2n) is 10.4. The Labute approximate surface area is 201 Å². The predicted octanol–water partition coefficient (Wildman–Crippen LogP) is 8.48. The molecule has 3 nitrogen and oxygen atoms in total. The van der Waals surface area contributed by atoms with Crippen molar-refractivity contribution in [1.29, 1.82) is 5.26 Å². The van der Waals surface area contributed by atoms with Crippen LogP contribution in [-0.4, -0.2) is 13.2 Å². The van der Waals surface area contributed by atoms with Crippen molar-refractivity contribution in [2.24, 2.45) is 17.8 Å². The van der Waals surface area contributed by atoms with Crippen LogP contribution in [0.4, 0.5) is 4.39 Å². The molecular formula is C29H44FNO2. The zero-order valence-corrected chi connectivity index (χ0v) is 20.7. The monoisotopic (exact) mass is 457 g/mol. The average Bonchev–Trinajstić information content (AvgIpc) is 2.85. The van der Waals surface area contributed by atoms with Gasteiger partial charge in [0.15, 0.2) is 6.29 Å². The minimum absolute atomic E-state index is 0.0555. The highest BCUT2D eigenvalue weighted by Crippen LogP contribution is 2.36. The highest BCUT2D eigenvalue weighted by molar-refractivity contribution is 5.33. The lowest BCUT2D eigenvalue weighted by atomic mass is 9.77. The number of hydrogen-bond donors (Lipinski definition) is 0. The van der Waals surface area contributed by atoms with E-state index < -0.39 is 12.1 Å². The van der Waals surface area contributed by atoms with Gasteiger partial charge in [0, 0.05) is 11.5 Å². The van der Waals surface area contributed by atoms with E-state index in [4.69, 9.17) is 14.7 Å². The minimum atomic E-state index is -0.518. The molecule has 3 rings (SSSR count). The van der Waals surface area contributed by atoms with Crippen molar-refractivity contribution in [3.05, 3.63) is 35.1 Å². The molecule has 1 saturated heterocycles. The Bertz CT molecular complexity index is 715. The number of unbranched alkanes of at least 4 members (excludes halogenated alkanes) is 7. The van der Waals surface area contributed by atoms with Crippen molar-refractivity contribution in [2.45, 2.75) is 110 Å². The summed E-state index contributed by atoms with van der Waals surface area (Å²) in [6, 6.07) is 6.42. The van der Waals surface area contributed by atoms with Gasteiger partial charge in [0.1, 0.15) is 11.9 Å². The number of halogens is 1. The maximum atomic E-state index is 13.9. The molecule has 184 valence electrons. The second kappa shape index (κ2) is 14.7. The number of hydrogen-bond acceptors (Lipinski definition) is 3. The largest absolute Gasteiger partial charge is 0.348 e. The normalized spacial score (nSPS) is 25.6. The van der Waals surface area contributed by atoms with E-state index in [1.54, 1.807) is 6.07 Å². The lowest BCUT2D eigenvalue weighted by Crippen LogP contribution is -2.28. The van der Waals surface area contributed by atoms with E-state index in [0.29, 0.717) is 24.7 Å². The predicted molar refractivity (Wildman–Crippen MR) is 131 cm³/mol. The fourth-order valence-electron chi connectivity index (χ4n) is 5.52. The Kier molecular flexibility index (Phi) is 11.7. The van der Waals surface area contributed by atoms with Crippen LogP contribution in [0, 0.1) is 34.9 Å². The van der Waals surface area contributed by atoms with E-state index in [1.807, 2.05) is 6.07 Å². The molecule has 1 aromatic carbocycles. The number of rotatable bonds is 13. The maximum absolute atomic E-state index is 13.9. The first-order chi connectivity index (χ1) is 16.2. The third-order valence-corrected chi connectivity index (χ3v) is 7.77. The van der Waals surface area contributed by atoms with Crippen molar-refractivity contribution in [3.63, 3.8) is 0 Å². The molecule has 0 N–H and O–H groups in total. The molecule has 1 aromatic rings. The number of ether oxygens (including phenoxy) is 2. The van der Waals surface area contributed by atoms with Crippen LogP contribution >= 0.6 is 0 Å². The van der Waals surface area contributed by atoms with Gasteiger partial charge in [-0.15, -0.1) is 0 Å². The fourth-order valence-corrected chi connectivity index (χ4v) is 5.52. The van der Waals surface area contributed by atoms with Gasteiger partial charge >= 0.3 is 0 Å². The summed E-state index contributed by atoms with van der Waals surface area (Å²) in [6.45, 7) is 3.62. The van der Waals surface area contributed by atoms with E-state index >= 15 is 0 Å². The molecule has 1 aliphatic heterocycles. The van der Waals surface area contributed by atoms with Crippen LogP contribution in [0.2, 0.25) is 0 Å². The fraction of sp³-hybridized carbons (Fsp3) is 0.759. The Morgan fingerprint density at radius 3 is 2.00 bits per heavy atom. The Hall–Kier alpha value is -1.44. The molecule has 0 atom stereocenters. The van der Waals surface area contributed by atoms with Crippen LogP contribution < -0.4 is 0 Å². The molecule has 4 heteroatoms. The van der Waals surface area contributed by atoms with Crippen LogP contribution in [-0.2, 0) is 9.47 Å². The topological polar surface area (TPSA) is 42.2 Å². The van der Waals surface area contributed by atoms with E-state index in [0.717, 1.165) is 18.3 Å². The summed E-state index contributed by atoms with van der Waals surface area (Å²) >= 11 is 0. The lowest BCUT2D eigenvalue weighted by Gasteiger charge is -2.32. The highest BCUT2D eigenvalue weighted by Gasteiger charge is 2.26. The van der Waals surface area contributed by atoms with Gasteiger partial charge in [-0.2, -0.15) is 5.26 Å². The van der Waals surface area contributed by atoms with Crippen LogP contribution in [0.15, 0.2) is 18.2 Å². The van der Waals surface area contributed by atoms with E-state index in [9.17, 15) is 4.39 Å². The third-order valence-electron chi connectivity index (χ3n) is 7.77. The summed E-state index contributed by atoms with van der Waals surface area (Å²) in [5.41, 5.74) is 0.708. The van der Waals surface area contributed by atoms with Crippen molar-refractivity contribution < 1.29 is 13.9 Å². The zero-order chi connectivity index (χ0) is 23.3.